The Morgan fingerprint density at radius 2 is 2.15 bits per heavy atom. The highest BCUT2D eigenvalue weighted by atomic mass is 35.5. The third kappa shape index (κ3) is 5.77. The summed E-state index contributed by atoms with van der Waals surface area (Å²) in [5, 5.41) is 2.74. The van der Waals surface area contributed by atoms with Gasteiger partial charge in [0, 0.05) is 18.4 Å². The lowest BCUT2D eigenvalue weighted by atomic mass is 10.2. The van der Waals surface area contributed by atoms with Crippen LogP contribution < -0.4 is 10.1 Å². The first-order chi connectivity index (χ1) is 9.71. The number of rotatable bonds is 9. The minimum absolute atomic E-state index is 0.00716. The molecule has 0 bridgehead atoms. The number of alkyl halides is 1. The fourth-order valence-corrected chi connectivity index (χ4v) is 1.77. The van der Waals surface area contributed by atoms with Crippen LogP contribution in [-0.4, -0.2) is 39.4 Å². The summed E-state index contributed by atoms with van der Waals surface area (Å²) < 4.78 is 15.4. The zero-order chi connectivity index (χ0) is 14.8. The van der Waals surface area contributed by atoms with Gasteiger partial charge in [-0.2, -0.15) is 0 Å². The third-order valence-electron chi connectivity index (χ3n) is 2.45. The molecule has 1 aromatic carbocycles. The number of halogens is 1. The number of nitrogens with one attached hydrogen (secondary N) is 1. The minimum atomic E-state index is -0.217. The predicted octanol–water partition coefficient (Wildman–Crippen LogP) is 2.43. The van der Waals surface area contributed by atoms with E-state index in [1.54, 1.807) is 25.3 Å². The van der Waals surface area contributed by atoms with E-state index in [-0.39, 0.29) is 12.5 Å². The topological polar surface area (TPSA) is 56.8 Å². The van der Waals surface area contributed by atoms with E-state index in [1.807, 2.05) is 6.92 Å². The highest BCUT2D eigenvalue weighted by Crippen LogP contribution is 2.24. The molecule has 1 rings (SSSR count). The van der Waals surface area contributed by atoms with Gasteiger partial charge in [-0.1, -0.05) is 0 Å². The molecule has 0 unspecified atom stereocenters. The van der Waals surface area contributed by atoms with Crippen LogP contribution in [0, 0.1) is 0 Å². The van der Waals surface area contributed by atoms with Gasteiger partial charge in [0.15, 0.2) is 0 Å². The zero-order valence-corrected chi connectivity index (χ0v) is 12.5. The van der Waals surface area contributed by atoms with E-state index < -0.39 is 0 Å². The van der Waals surface area contributed by atoms with Gasteiger partial charge in [-0.15, -0.1) is 11.6 Å². The molecule has 1 amide bonds. The molecule has 0 radical (unpaired) electrons. The third-order valence-corrected chi connectivity index (χ3v) is 2.74. The molecule has 112 valence electrons. The van der Waals surface area contributed by atoms with E-state index in [0.717, 1.165) is 11.3 Å². The van der Waals surface area contributed by atoms with Crippen LogP contribution in [0.4, 0.5) is 5.69 Å². The maximum Gasteiger partial charge on any atom is 0.250 e. The van der Waals surface area contributed by atoms with Crippen LogP contribution in [0.15, 0.2) is 18.2 Å². The van der Waals surface area contributed by atoms with Crippen LogP contribution >= 0.6 is 11.6 Å². The molecule has 1 aromatic rings. The maximum atomic E-state index is 11.6. The molecule has 0 aromatic heterocycles. The second-order valence-corrected chi connectivity index (χ2v) is 4.25. The first-order valence-corrected chi connectivity index (χ1v) is 6.93. The summed E-state index contributed by atoms with van der Waals surface area (Å²) in [4.78, 5) is 11.6. The Morgan fingerprint density at radius 1 is 1.35 bits per heavy atom. The largest absolute Gasteiger partial charge is 0.494 e. The molecule has 5 nitrogen and oxygen atoms in total. The standard InChI is InChI=1S/C14H20ClNO4/c1-3-20-13-5-4-12(8-11(13)9-15)16-14(17)10-19-7-6-18-2/h4-5,8H,3,6-7,9-10H2,1-2H3,(H,16,17). The van der Waals surface area contributed by atoms with Crippen molar-refractivity contribution in [1.29, 1.82) is 0 Å². The Morgan fingerprint density at radius 3 is 2.80 bits per heavy atom. The highest BCUT2D eigenvalue weighted by Gasteiger charge is 2.07. The van der Waals surface area contributed by atoms with Gasteiger partial charge < -0.3 is 19.5 Å². The van der Waals surface area contributed by atoms with Crippen molar-refractivity contribution in [2.24, 2.45) is 0 Å². The second kappa shape index (κ2) is 9.58. The minimum Gasteiger partial charge on any atom is -0.494 e. The number of anilines is 1. The number of amides is 1. The normalized spacial score (nSPS) is 10.3. The van der Waals surface area contributed by atoms with Crippen molar-refractivity contribution >= 4 is 23.2 Å². The second-order valence-electron chi connectivity index (χ2n) is 3.98. The number of carbonyl (C=O) groups excluding carboxylic acids is 1. The Bertz CT molecular complexity index is 426. The number of benzene rings is 1. The SMILES string of the molecule is CCOc1ccc(NC(=O)COCCOC)cc1CCl. The van der Waals surface area contributed by atoms with E-state index in [0.29, 0.717) is 31.4 Å². The monoisotopic (exact) mass is 301 g/mol. The summed E-state index contributed by atoms with van der Waals surface area (Å²) in [6, 6.07) is 5.36. The lowest BCUT2D eigenvalue weighted by Gasteiger charge is -2.11. The predicted molar refractivity (Wildman–Crippen MR) is 78.5 cm³/mol. The first kappa shape index (κ1) is 16.8. The lowest BCUT2D eigenvalue weighted by molar-refractivity contribution is -0.121. The van der Waals surface area contributed by atoms with Gasteiger partial charge in [0.1, 0.15) is 12.4 Å². The molecule has 0 aliphatic rings. The Balaban J connectivity index is 2.52. The fraction of sp³-hybridized carbons (Fsp3) is 0.500. The summed E-state index contributed by atoms with van der Waals surface area (Å²) >= 11 is 5.86. The number of hydrogen-bond donors (Lipinski definition) is 1. The maximum absolute atomic E-state index is 11.6. The average molecular weight is 302 g/mol. The quantitative estimate of drug-likeness (QED) is 0.562. The van der Waals surface area contributed by atoms with Gasteiger partial charge in [-0.3, -0.25) is 4.79 Å². The Kier molecular flexibility index (Phi) is 8.02. The number of carbonyl (C=O) groups is 1. The van der Waals surface area contributed by atoms with E-state index in [1.165, 1.54) is 0 Å². The molecular formula is C14H20ClNO4. The van der Waals surface area contributed by atoms with Gasteiger partial charge in [-0.25, -0.2) is 0 Å². The molecule has 0 aliphatic carbocycles. The summed E-state index contributed by atoms with van der Waals surface area (Å²) in [6.07, 6.45) is 0. The number of methoxy groups -OCH3 is 1. The molecular weight excluding hydrogens is 282 g/mol. The van der Waals surface area contributed by atoms with E-state index in [2.05, 4.69) is 5.32 Å². The fourth-order valence-electron chi connectivity index (χ4n) is 1.56. The average Bonchev–Trinajstić information content (AvgIpc) is 2.45. The van der Waals surface area contributed by atoms with Crippen molar-refractivity contribution in [1.82, 2.24) is 0 Å². The van der Waals surface area contributed by atoms with Crippen molar-refractivity contribution in [3.8, 4) is 5.75 Å². The zero-order valence-electron chi connectivity index (χ0n) is 11.8. The molecule has 0 spiro atoms. The molecule has 0 saturated heterocycles. The molecule has 20 heavy (non-hydrogen) atoms. The summed E-state index contributed by atoms with van der Waals surface area (Å²) in [7, 11) is 1.58. The highest BCUT2D eigenvalue weighted by molar-refractivity contribution is 6.17. The molecule has 0 aliphatic heterocycles. The summed E-state index contributed by atoms with van der Waals surface area (Å²) in [5.41, 5.74) is 1.51. The molecule has 0 fully saturated rings. The molecule has 6 heteroatoms. The van der Waals surface area contributed by atoms with E-state index in [4.69, 9.17) is 25.8 Å². The van der Waals surface area contributed by atoms with Crippen LogP contribution in [0.2, 0.25) is 0 Å². The van der Waals surface area contributed by atoms with Crippen molar-refractivity contribution in [3.63, 3.8) is 0 Å². The molecule has 0 heterocycles. The van der Waals surface area contributed by atoms with E-state index in [9.17, 15) is 4.79 Å². The molecule has 1 N–H and O–H groups in total. The summed E-state index contributed by atoms with van der Waals surface area (Å²) in [5.74, 6) is 0.839. The molecule has 0 saturated carbocycles. The van der Waals surface area contributed by atoms with Crippen molar-refractivity contribution in [3.05, 3.63) is 23.8 Å². The van der Waals surface area contributed by atoms with Crippen molar-refractivity contribution in [2.75, 3.05) is 38.9 Å². The Hall–Kier alpha value is -1.30. The number of hydrogen-bond acceptors (Lipinski definition) is 4. The van der Waals surface area contributed by atoms with Crippen LogP contribution in [0.25, 0.3) is 0 Å². The van der Waals surface area contributed by atoms with Crippen molar-refractivity contribution in [2.45, 2.75) is 12.8 Å². The van der Waals surface area contributed by atoms with E-state index >= 15 is 0 Å². The van der Waals surface area contributed by atoms with Gasteiger partial charge in [0.2, 0.25) is 5.91 Å². The Labute approximate surface area is 124 Å². The van der Waals surface area contributed by atoms with Gasteiger partial charge in [0.05, 0.1) is 25.7 Å². The van der Waals surface area contributed by atoms with Crippen LogP contribution in [0.1, 0.15) is 12.5 Å². The van der Waals surface area contributed by atoms with Gasteiger partial charge >= 0.3 is 0 Å². The lowest BCUT2D eigenvalue weighted by Crippen LogP contribution is -2.19. The van der Waals surface area contributed by atoms with Gasteiger partial charge in [0.25, 0.3) is 0 Å². The van der Waals surface area contributed by atoms with Crippen molar-refractivity contribution < 1.29 is 19.0 Å². The molecule has 0 atom stereocenters. The van der Waals surface area contributed by atoms with Crippen LogP contribution in [-0.2, 0) is 20.1 Å². The van der Waals surface area contributed by atoms with Gasteiger partial charge in [-0.05, 0) is 25.1 Å². The number of ether oxygens (including phenoxy) is 3. The van der Waals surface area contributed by atoms with Crippen LogP contribution in [0.5, 0.6) is 5.75 Å². The smallest absolute Gasteiger partial charge is 0.250 e. The summed E-state index contributed by atoms with van der Waals surface area (Å²) in [6.45, 7) is 3.33. The van der Waals surface area contributed by atoms with Crippen LogP contribution in [0.3, 0.4) is 0 Å². The first-order valence-electron chi connectivity index (χ1n) is 6.39.